The van der Waals surface area contributed by atoms with Gasteiger partial charge in [-0.05, 0) is 27.7 Å². The summed E-state index contributed by atoms with van der Waals surface area (Å²) in [5, 5.41) is 4.73. The summed E-state index contributed by atoms with van der Waals surface area (Å²) in [7, 11) is -0.183. The van der Waals surface area contributed by atoms with Gasteiger partial charge < -0.3 is 0 Å². The van der Waals surface area contributed by atoms with Crippen LogP contribution < -0.4 is 0 Å². The first kappa shape index (κ1) is 15.7. The maximum atomic E-state index is 12.6. The van der Waals surface area contributed by atoms with E-state index in [1.54, 1.807) is 32.6 Å². The van der Waals surface area contributed by atoms with E-state index in [4.69, 9.17) is 0 Å². The number of aromatic nitrogens is 2. The molecule has 0 saturated carbocycles. The smallest absolute Gasteiger partial charge is 0.247 e. The molecule has 0 N–H and O–H groups in total. The van der Waals surface area contributed by atoms with Gasteiger partial charge in [0.2, 0.25) is 10.0 Å². The van der Waals surface area contributed by atoms with E-state index in [0.29, 0.717) is 21.6 Å². The molecule has 0 bridgehead atoms. The Hall–Kier alpha value is -0.400. The molecule has 1 aromatic heterocycles. The van der Waals surface area contributed by atoms with Crippen LogP contribution in [0.25, 0.3) is 0 Å². The van der Waals surface area contributed by atoms with Gasteiger partial charge in [0.25, 0.3) is 0 Å². The van der Waals surface area contributed by atoms with E-state index in [2.05, 4.69) is 21.0 Å². The van der Waals surface area contributed by atoms with Gasteiger partial charge in [0.05, 0.1) is 11.4 Å². The van der Waals surface area contributed by atoms with Gasteiger partial charge in [-0.1, -0.05) is 15.9 Å². The molecule has 0 aromatic carbocycles. The number of halogens is 1. The number of rotatable bonds is 4. The van der Waals surface area contributed by atoms with E-state index in [-0.39, 0.29) is 0 Å². The first-order valence-corrected chi connectivity index (χ1v) is 8.17. The van der Waals surface area contributed by atoms with Gasteiger partial charge in [-0.3, -0.25) is 4.68 Å². The zero-order chi connectivity index (χ0) is 14.3. The summed E-state index contributed by atoms with van der Waals surface area (Å²) in [6.07, 6.45) is 0. The Labute approximate surface area is 117 Å². The highest BCUT2D eigenvalue weighted by Crippen LogP contribution is 2.28. The SMILES string of the molecule is Cc1nn(C)c(C)c1S(=O)(=O)N(C)C(C)(C)CBr. The monoisotopic (exact) mass is 337 g/mol. The zero-order valence-corrected chi connectivity index (χ0v) is 14.1. The fourth-order valence-corrected chi connectivity index (χ4v) is 4.12. The number of hydrogen-bond acceptors (Lipinski definition) is 3. The maximum absolute atomic E-state index is 12.6. The second-order valence-electron chi connectivity index (χ2n) is 5.04. The predicted octanol–water partition coefficient (Wildman–Crippen LogP) is 1.83. The molecule has 0 fully saturated rings. The lowest BCUT2D eigenvalue weighted by Crippen LogP contribution is -2.46. The summed E-state index contributed by atoms with van der Waals surface area (Å²) < 4.78 is 28.3. The second kappa shape index (κ2) is 4.94. The van der Waals surface area contributed by atoms with Gasteiger partial charge >= 0.3 is 0 Å². The number of hydrogen-bond donors (Lipinski definition) is 0. The van der Waals surface area contributed by atoms with Crippen LogP contribution in [0.1, 0.15) is 25.2 Å². The number of sulfonamides is 1. The van der Waals surface area contributed by atoms with Gasteiger partial charge in [-0.15, -0.1) is 0 Å². The third-order valence-corrected chi connectivity index (χ3v) is 6.93. The van der Waals surface area contributed by atoms with Crippen molar-refractivity contribution in [3.8, 4) is 0 Å². The molecule has 0 radical (unpaired) electrons. The predicted molar refractivity (Wildman–Crippen MR) is 75.5 cm³/mol. The Bertz CT molecular complexity index is 549. The summed E-state index contributed by atoms with van der Waals surface area (Å²) >= 11 is 3.35. The normalized spacial score (nSPS) is 13.3. The summed E-state index contributed by atoms with van der Waals surface area (Å²) in [6, 6.07) is 0. The molecule has 0 unspecified atom stereocenters. The van der Waals surface area contributed by atoms with Gasteiger partial charge in [-0.25, -0.2) is 8.42 Å². The van der Waals surface area contributed by atoms with E-state index in [9.17, 15) is 8.42 Å². The average Bonchev–Trinajstić information content (AvgIpc) is 2.52. The van der Waals surface area contributed by atoms with Crippen LogP contribution in [-0.2, 0) is 17.1 Å². The highest BCUT2D eigenvalue weighted by Gasteiger charge is 2.36. The van der Waals surface area contributed by atoms with Crippen molar-refractivity contribution < 1.29 is 8.42 Å². The molecule has 0 saturated heterocycles. The first-order chi connectivity index (χ1) is 8.05. The minimum Gasteiger partial charge on any atom is -0.271 e. The molecule has 1 heterocycles. The third kappa shape index (κ3) is 2.48. The average molecular weight is 338 g/mol. The Morgan fingerprint density at radius 1 is 1.39 bits per heavy atom. The fraction of sp³-hybridized carbons (Fsp3) is 0.727. The quantitative estimate of drug-likeness (QED) is 0.787. The van der Waals surface area contributed by atoms with Crippen molar-refractivity contribution in [2.45, 2.75) is 38.1 Å². The number of aryl methyl sites for hydroxylation is 2. The van der Waals surface area contributed by atoms with E-state index < -0.39 is 15.6 Å². The van der Waals surface area contributed by atoms with Crippen LogP contribution in [-0.4, -0.2) is 40.4 Å². The molecule has 5 nitrogen and oxygen atoms in total. The Balaban J connectivity index is 3.39. The minimum atomic E-state index is -3.53. The molecular weight excluding hydrogens is 318 g/mol. The van der Waals surface area contributed by atoms with E-state index in [1.807, 2.05) is 13.8 Å². The van der Waals surface area contributed by atoms with E-state index in [0.717, 1.165) is 0 Å². The van der Waals surface area contributed by atoms with Crippen LogP contribution in [0.4, 0.5) is 0 Å². The molecule has 0 aliphatic heterocycles. The van der Waals surface area contributed by atoms with E-state index in [1.165, 1.54) is 4.31 Å². The molecule has 1 rings (SSSR count). The van der Waals surface area contributed by atoms with Crippen LogP contribution in [0.2, 0.25) is 0 Å². The van der Waals surface area contributed by atoms with Crippen molar-refractivity contribution in [1.82, 2.24) is 14.1 Å². The molecule has 0 spiro atoms. The van der Waals surface area contributed by atoms with Crippen molar-refractivity contribution in [3.63, 3.8) is 0 Å². The highest BCUT2D eigenvalue weighted by molar-refractivity contribution is 9.09. The Kier molecular flexibility index (Phi) is 4.30. The van der Waals surface area contributed by atoms with E-state index >= 15 is 0 Å². The summed E-state index contributed by atoms with van der Waals surface area (Å²) in [6.45, 7) is 7.23. The molecule has 0 atom stereocenters. The number of nitrogens with zero attached hydrogens (tertiary/aromatic N) is 3. The van der Waals surface area contributed by atoms with Gasteiger partial charge in [0.15, 0.2) is 0 Å². The van der Waals surface area contributed by atoms with Crippen LogP contribution >= 0.6 is 15.9 Å². The summed E-state index contributed by atoms with van der Waals surface area (Å²) in [4.78, 5) is 0.307. The molecule has 0 aliphatic rings. The second-order valence-corrected chi connectivity index (χ2v) is 7.51. The lowest BCUT2D eigenvalue weighted by molar-refractivity contribution is 0.299. The maximum Gasteiger partial charge on any atom is 0.247 e. The largest absolute Gasteiger partial charge is 0.271 e. The molecule has 104 valence electrons. The van der Waals surface area contributed by atoms with Crippen molar-refractivity contribution >= 4 is 26.0 Å². The van der Waals surface area contributed by atoms with Crippen LogP contribution in [0.5, 0.6) is 0 Å². The fourth-order valence-electron chi connectivity index (χ4n) is 1.67. The number of alkyl halides is 1. The minimum absolute atomic E-state index is 0.307. The molecule has 7 heteroatoms. The van der Waals surface area contributed by atoms with Crippen LogP contribution in [0.3, 0.4) is 0 Å². The summed E-state index contributed by atoms with van der Waals surface area (Å²) in [5.74, 6) is 0. The molecule has 0 amide bonds. The van der Waals surface area contributed by atoms with Gasteiger partial charge in [-0.2, -0.15) is 9.40 Å². The highest BCUT2D eigenvalue weighted by atomic mass is 79.9. The topological polar surface area (TPSA) is 55.2 Å². The first-order valence-electron chi connectivity index (χ1n) is 5.61. The Morgan fingerprint density at radius 3 is 2.22 bits per heavy atom. The van der Waals surface area contributed by atoms with Crippen molar-refractivity contribution in [2.24, 2.45) is 7.05 Å². The van der Waals surface area contributed by atoms with Crippen molar-refractivity contribution in [1.29, 1.82) is 0 Å². The third-order valence-electron chi connectivity index (χ3n) is 3.24. The Morgan fingerprint density at radius 2 is 1.89 bits per heavy atom. The van der Waals surface area contributed by atoms with Crippen LogP contribution in [0.15, 0.2) is 4.90 Å². The van der Waals surface area contributed by atoms with Crippen molar-refractivity contribution in [2.75, 3.05) is 12.4 Å². The molecule has 1 aromatic rings. The standard InChI is InChI=1S/C11H20BrN3O2S/c1-8-10(9(2)14(5)13-8)18(16,17)15(6)11(3,4)7-12/h7H2,1-6H3. The van der Waals surface area contributed by atoms with Gasteiger partial charge in [0, 0.05) is 25.0 Å². The van der Waals surface area contributed by atoms with Gasteiger partial charge in [0.1, 0.15) is 4.90 Å². The molecule has 0 aliphatic carbocycles. The lowest BCUT2D eigenvalue weighted by Gasteiger charge is -2.33. The van der Waals surface area contributed by atoms with Crippen molar-refractivity contribution in [3.05, 3.63) is 11.4 Å². The zero-order valence-electron chi connectivity index (χ0n) is 11.7. The van der Waals surface area contributed by atoms with Crippen LogP contribution in [0, 0.1) is 13.8 Å². The lowest BCUT2D eigenvalue weighted by atomic mass is 10.1. The summed E-state index contributed by atoms with van der Waals surface area (Å²) in [5.41, 5.74) is 0.699. The molecule has 18 heavy (non-hydrogen) atoms. The molecular formula is C11H20BrN3O2S.